The van der Waals surface area contributed by atoms with Gasteiger partial charge in [-0.25, -0.2) is 0 Å². The third-order valence-electron chi connectivity index (χ3n) is 3.64. The fourth-order valence-electron chi connectivity index (χ4n) is 2.76. The second kappa shape index (κ2) is 6.48. The molecule has 0 atom stereocenters. The molecule has 1 aliphatic rings. The number of benzene rings is 1. The van der Waals surface area contributed by atoms with Gasteiger partial charge < -0.3 is 9.47 Å². The molecular weight excluding hydrogens is 269 g/mol. The zero-order chi connectivity index (χ0) is 14.6. The molecule has 0 N–H and O–H groups in total. The van der Waals surface area contributed by atoms with Gasteiger partial charge in [0.15, 0.2) is 0 Å². The molecule has 2 rings (SSSR count). The lowest BCUT2D eigenvalue weighted by atomic mass is 9.82. The van der Waals surface area contributed by atoms with Crippen molar-refractivity contribution in [3.63, 3.8) is 0 Å². The Bertz CT molecular complexity index is 423. The van der Waals surface area contributed by atoms with Gasteiger partial charge in [-0.3, -0.25) is 0 Å². The van der Waals surface area contributed by atoms with Gasteiger partial charge in [0.05, 0.1) is 6.10 Å². The van der Waals surface area contributed by atoms with Gasteiger partial charge in [-0.1, -0.05) is 12.1 Å². The quantitative estimate of drug-likeness (QED) is 0.803. The highest BCUT2D eigenvalue weighted by Crippen LogP contribution is 2.35. The summed E-state index contributed by atoms with van der Waals surface area (Å²) < 4.78 is 46.2. The third kappa shape index (κ3) is 4.40. The van der Waals surface area contributed by atoms with E-state index in [1.165, 1.54) is 12.1 Å². The van der Waals surface area contributed by atoms with Gasteiger partial charge in [0.2, 0.25) is 0 Å². The van der Waals surface area contributed by atoms with Gasteiger partial charge in [0, 0.05) is 6.61 Å². The van der Waals surface area contributed by atoms with Gasteiger partial charge >= 0.3 is 6.36 Å². The SMILES string of the molecule is CCOC1CCC(c2cccc(OC(F)(F)F)c2)CC1. The molecule has 1 fully saturated rings. The van der Waals surface area contributed by atoms with Crippen LogP contribution < -0.4 is 4.74 Å². The highest BCUT2D eigenvalue weighted by atomic mass is 19.4. The van der Waals surface area contributed by atoms with E-state index in [2.05, 4.69) is 4.74 Å². The standard InChI is InChI=1S/C15H19F3O2/c1-2-19-13-8-6-11(7-9-13)12-4-3-5-14(10-12)20-15(16,17)18/h3-5,10-11,13H,2,6-9H2,1H3. The molecule has 0 unspecified atom stereocenters. The summed E-state index contributed by atoms with van der Waals surface area (Å²) in [6.45, 7) is 2.69. The van der Waals surface area contributed by atoms with E-state index in [-0.39, 0.29) is 5.75 Å². The van der Waals surface area contributed by atoms with E-state index in [0.717, 1.165) is 31.2 Å². The molecule has 0 amide bonds. The average Bonchev–Trinajstić information content (AvgIpc) is 2.38. The molecule has 0 aliphatic heterocycles. The molecule has 1 aromatic rings. The topological polar surface area (TPSA) is 18.5 Å². The number of rotatable bonds is 4. The van der Waals surface area contributed by atoms with Crippen molar-refractivity contribution in [1.82, 2.24) is 0 Å². The second-order valence-electron chi connectivity index (χ2n) is 5.05. The molecule has 0 saturated heterocycles. The number of halogens is 3. The van der Waals surface area contributed by atoms with E-state index in [1.807, 2.05) is 13.0 Å². The van der Waals surface area contributed by atoms with Crippen LogP contribution in [0, 0.1) is 0 Å². The zero-order valence-electron chi connectivity index (χ0n) is 11.5. The Morgan fingerprint density at radius 3 is 2.45 bits per heavy atom. The fourth-order valence-corrected chi connectivity index (χ4v) is 2.76. The molecule has 1 saturated carbocycles. The molecule has 2 nitrogen and oxygen atoms in total. The largest absolute Gasteiger partial charge is 0.573 e. The highest BCUT2D eigenvalue weighted by molar-refractivity contribution is 5.31. The van der Waals surface area contributed by atoms with Crippen LogP contribution in [0.1, 0.15) is 44.1 Å². The molecule has 0 aromatic heterocycles. The summed E-state index contributed by atoms with van der Waals surface area (Å²) in [5, 5.41) is 0. The molecule has 1 aromatic carbocycles. The van der Waals surface area contributed by atoms with Gasteiger partial charge in [-0.2, -0.15) is 0 Å². The lowest BCUT2D eigenvalue weighted by Gasteiger charge is -2.28. The van der Waals surface area contributed by atoms with Crippen LogP contribution in [-0.2, 0) is 4.74 Å². The van der Waals surface area contributed by atoms with Gasteiger partial charge in [0.25, 0.3) is 0 Å². The predicted molar refractivity (Wildman–Crippen MR) is 69.7 cm³/mol. The predicted octanol–water partition coefficient (Wildman–Crippen LogP) is 4.65. The minimum Gasteiger partial charge on any atom is -0.406 e. The molecule has 0 heterocycles. The smallest absolute Gasteiger partial charge is 0.406 e. The highest BCUT2D eigenvalue weighted by Gasteiger charge is 2.31. The fraction of sp³-hybridized carbons (Fsp3) is 0.600. The zero-order valence-corrected chi connectivity index (χ0v) is 11.5. The molecular formula is C15H19F3O2. The summed E-state index contributed by atoms with van der Waals surface area (Å²) in [5.74, 6) is 0.158. The van der Waals surface area contributed by atoms with E-state index in [9.17, 15) is 13.2 Å². The van der Waals surface area contributed by atoms with Crippen LogP contribution in [-0.4, -0.2) is 19.1 Å². The first-order valence-corrected chi connectivity index (χ1v) is 6.95. The molecule has 112 valence electrons. The Morgan fingerprint density at radius 2 is 1.85 bits per heavy atom. The first-order valence-electron chi connectivity index (χ1n) is 6.95. The Morgan fingerprint density at radius 1 is 1.15 bits per heavy atom. The normalized spacial score (nSPS) is 23.6. The second-order valence-corrected chi connectivity index (χ2v) is 5.05. The average molecular weight is 288 g/mol. The Kier molecular flexibility index (Phi) is 4.91. The van der Waals surface area contributed by atoms with Crippen molar-refractivity contribution in [2.45, 2.75) is 51.0 Å². The minimum absolute atomic E-state index is 0.137. The van der Waals surface area contributed by atoms with E-state index in [0.29, 0.717) is 18.6 Å². The number of alkyl halides is 3. The first kappa shape index (κ1) is 15.2. The van der Waals surface area contributed by atoms with E-state index in [1.54, 1.807) is 6.07 Å². The van der Waals surface area contributed by atoms with Crippen LogP contribution in [0.5, 0.6) is 5.75 Å². The van der Waals surface area contributed by atoms with Crippen LogP contribution in [0.15, 0.2) is 24.3 Å². The summed E-state index contributed by atoms with van der Waals surface area (Å²) in [6.07, 6.45) is -0.525. The lowest BCUT2D eigenvalue weighted by molar-refractivity contribution is -0.274. The number of ether oxygens (including phenoxy) is 2. The molecule has 5 heteroatoms. The van der Waals surface area contributed by atoms with Crippen LogP contribution in [0.25, 0.3) is 0 Å². The molecule has 0 radical (unpaired) electrons. The van der Waals surface area contributed by atoms with Crippen LogP contribution >= 0.6 is 0 Å². The van der Waals surface area contributed by atoms with Crippen molar-refractivity contribution in [3.8, 4) is 5.75 Å². The Labute approximate surface area is 116 Å². The maximum Gasteiger partial charge on any atom is 0.573 e. The maximum atomic E-state index is 12.2. The van der Waals surface area contributed by atoms with E-state index in [4.69, 9.17) is 4.74 Å². The van der Waals surface area contributed by atoms with Gasteiger partial charge in [-0.15, -0.1) is 13.2 Å². The first-order chi connectivity index (χ1) is 9.48. The molecule has 0 spiro atoms. The van der Waals surface area contributed by atoms with E-state index < -0.39 is 6.36 Å². The lowest BCUT2D eigenvalue weighted by Crippen LogP contribution is -2.21. The van der Waals surface area contributed by atoms with Crippen LogP contribution in [0.3, 0.4) is 0 Å². The number of hydrogen-bond acceptors (Lipinski definition) is 2. The summed E-state index contributed by atoms with van der Waals surface area (Å²) in [5.41, 5.74) is 0.918. The summed E-state index contributed by atoms with van der Waals surface area (Å²) >= 11 is 0. The van der Waals surface area contributed by atoms with Crippen molar-refractivity contribution < 1.29 is 22.6 Å². The third-order valence-corrected chi connectivity index (χ3v) is 3.64. The Balaban J connectivity index is 1.98. The monoisotopic (exact) mass is 288 g/mol. The van der Waals surface area contributed by atoms with Gasteiger partial charge in [-0.05, 0) is 56.2 Å². The van der Waals surface area contributed by atoms with Crippen molar-refractivity contribution in [3.05, 3.63) is 29.8 Å². The van der Waals surface area contributed by atoms with Crippen molar-refractivity contribution in [2.75, 3.05) is 6.61 Å². The van der Waals surface area contributed by atoms with Crippen molar-refractivity contribution in [2.24, 2.45) is 0 Å². The summed E-state index contributed by atoms with van der Waals surface area (Å²) in [4.78, 5) is 0. The van der Waals surface area contributed by atoms with Crippen molar-refractivity contribution >= 4 is 0 Å². The minimum atomic E-state index is -4.63. The number of hydrogen-bond donors (Lipinski definition) is 0. The van der Waals surface area contributed by atoms with Gasteiger partial charge in [0.1, 0.15) is 5.75 Å². The Hall–Kier alpha value is -1.23. The molecule has 20 heavy (non-hydrogen) atoms. The summed E-state index contributed by atoms with van der Waals surface area (Å²) in [6, 6.07) is 6.32. The van der Waals surface area contributed by atoms with Crippen molar-refractivity contribution in [1.29, 1.82) is 0 Å². The summed E-state index contributed by atoms with van der Waals surface area (Å²) in [7, 11) is 0. The van der Waals surface area contributed by atoms with Crippen LogP contribution in [0.2, 0.25) is 0 Å². The van der Waals surface area contributed by atoms with E-state index >= 15 is 0 Å². The molecule has 1 aliphatic carbocycles. The maximum absolute atomic E-state index is 12.2. The molecule has 0 bridgehead atoms. The van der Waals surface area contributed by atoms with Crippen LogP contribution in [0.4, 0.5) is 13.2 Å².